The molecule has 1 aromatic heterocycles. The lowest BCUT2D eigenvalue weighted by Gasteiger charge is -2.28. The highest BCUT2D eigenvalue weighted by molar-refractivity contribution is 7.15. The van der Waals surface area contributed by atoms with E-state index in [9.17, 15) is 9.59 Å². The number of rotatable bonds is 5. The summed E-state index contributed by atoms with van der Waals surface area (Å²) in [7, 11) is 0. The van der Waals surface area contributed by atoms with Gasteiger partial charge >= 0.3 is 6.09 Å². The molecule has 0 bridgehead atoms. The van der Waals surface area contributed by atoms with Crippen molar-refractivity contribution in [3.8, 4) is 27.7 Å². The summed E-state index contributed by atoms with van der Waals surface area (Å²) in [6, 6.07) is 13.3. The van der Waals surface area contributed by atoms with Gasteiger partial charge in [0.2, 0.25) is 5.75 Å². The van der Waals surface area contributed by atoms with Gasteiger partial charge in [-0.1, -0.05) is 42.8 Å². The first-order valence-corrected chi connectivity index (χ1v) is 14.4. The van der Waals surface area contributed by atoms with Crippen molar-refractivity contribution in [2.24, 2.45) is 17.8 Å². The van der Waals surface area contributed by atoms with Crippen LogP contribution in [0.25, 0.3) is 10.4 Å². The summed E-state index contributed by atoms with van der Waals surface area (Å²) in [6.45, 7) is 8.10. The van der Waals surface area contributed by atoms with Crippen LogP contribution in [-0.4, -0.2) is 54.2 Å². The number of nitrogens with zero attached hydrogens (tertiary/aromatic N) is 2. The van der Waals surface area contributed by atoms with Crippen LogP contribution >= 0.6 is 11.3 Å². The Labute approximate surface area is 232 Å². The van der Waals surface area contributed by atoms with Gasteiger partial charge in [-0.2, -0.15) is 0 Å². The Balaban J connectivity index is 1.21. The van der Waals surface area contributed by atoms with Gasteiger partial charge in [0.25, 0.3) is 5.91 Å². The van der Waals surface area contributed by atoms with E-state index in [1.165, 1.54) is 0 Å². The Morgan fingerprint density at radius 2 is 1.95 bits per heavy atom. The number of carbonyl (C=O) groups is 2. The van der Waals surface area contributed by atoms with Gasteiger partial charge in [0.1, 0.15) is 18.9 Å². The minimum absolute atomic E-state index is 0.0687. The molecule has 8 nitrogen and oxygen atoms in total. The topological polar surface area (TPSA) is 90.0 Å². The average Bonchev–Trinajstić information content (AvgIpc) is 3.59. The van der Waals surface area contributed by atoms with E-state index in [2.05, 4.69) is 23.3 Å². The molecular weight excluding hydrogens is 514 g/mol. The van der Waals surface area contributed by atoms with Crippen molar-refractivity contribution in [3.05, 3.63) is 58.7 Å². The molecule has 9 heteroatoms. The monoisotopic (exact) mass is 547 g/mol. The minimum atomic E-state index is -0.579. The SMILES string of the molecule is Cc1cccc(-c2sc(C)nc2C(=O)N2C[C@@H]3CC(C)C[C@@H]3[C@H]2CNC(=O)Oc2cccc3c2OCCO3)c1. The van der Waals surface area contributed by atoms with E-state index in [-0.39, 0.29) is 11.9 Å². The summed E-state index contributed by atoms with van der Waals surface area (Å²) < 4.78 is 16.9. The molecule has 3 aliphatic rings. The highest BCUT2D eigenvalue weighted by Gasteiger charge is 2.48. The molecule has 2 amide bonds. The lowest BCUT2D eigenvalue weighted by atomic mass is 9.93. The number of ether oxygens (including phenoxy) is 3. The second-order valence-corrected chi connectivity index (χ2v) is 12.1. The number of aryl methyl sites for hydroxylation is 2. The van der Waals surface area contributed by atoms with E-state index in [4.69, 9.17) is 14.2 Å². The van der Waals surface area contributed by atoms with Crippen molar-refractivity contribution in [3.63, 3.8) is 0 Å². The number of hydrogen-bond acceptors (Lipinski definition) is 7. The predicted octanol–water partition coefficient (Wildman–Crippen LogP) is 5.47. The maximum atomic E-state index is 14.1. The molecule has 3 heterocycles. The first-order valence-electron chi connectivity index (χ1n) is 13.6. The van der Waals surface area contributed by atoms with E-state index in [0.717, 1.165) is 33.9 Å². The number of benzene rings is 2. The average molecular weight is 548 g/mol. The molecule has 2 fully saturated rings. The quantitative estimate of drug-likeness (QED) is 0.455. The van der Waals surface area contributed by atoms with E-state index in [1.54, 1.807) is 29.5 Å². The van der Waals surface area contributed by atoms with E-state index < -0.39 is 6.09 Å². The fourth-order valence-electron chi connectivity index (χ4n) is 6.38. The summed E-state index contributed by atoms with van der Waals surface area (Å²) in [5.74, 6) is 2.59. The van der Waals surface area contributed by atoms with Gasteiger partial charge in [0, 0.05) is 13.1 Å². The molecule has 1 aliphatic carbocycles. The van der Waals surface area contributed by atoms with Gasteiger partial charge < -0.3 is 24.4 Å². The third kappa shape index (κ3) is 5.07. The van der Waals surface area contributed by atoms with Crippen molar-refractivity contribution in [1.82, 2.24) is 15.2 Å². The lowest BCUT2D eigenvalue weighted by molar-refractivity contribution is 0.0702. The van der Waals surface area contributed by atoms with Crippen LogP contribution < -0.4 is 19.5 Å². The molecule has 204 valence electrons. The summed E-state index contributed by atoms with van der Waals surface area (Å²) in [5, 5.41) is 3.79. The number of amides is 2. The second-order valence-electron chi connectivity index (χ2n) is 10.9. The van der Waals surface area contributed by atoms with Crippen molar-refractivity contribution < 1.29 is 23.8 Å². The largest absolute Gasteiger partial charge is 0.486 e. The molecule has 1 N–H and O–H groups in total. The Hall–Kier alpha value is -3.59. The Morgan fingerprint density at radius 3 is 2.79 bits per heavy atom. The van der Waals surface area contributed by atoms with Crippen LogP contribution in [0.1, 0.15) is 40.8 Å². The summed E-state index contributed by atoms with van der Waals surface area (Å²) in [6.07, 6.45) is 1.54. The summed E-state index contributed by atoms with van der Waals surface area (Å²) in [4.78, 5) is 34.5. The number of para-hydroxylation sites is 1. The highest BCUT2D eigenvalue weighted by atomic mass is 32.1. The number of fused-ring (bicyclic) bond motifs is 2. The van der Waals surface area contributed by atoms with E-state index in [1.807, 2.05) is 36.9 Å². The molecule has 1 saturated heterocycles. The number of aromatic nitrogens is 1. The molecule has 2 aliphatic heterocycles. The van der Waals surface area contributed by atoms with Crippen LogP contribution in [0.15, 0.2) is 42.5 Å². The number of nitrogens with one attached hydrogen (secondary N) is 1. The second kappa shape index (κ2) is 10.5. The number of likely N-dealkylation sites (tertiary alicyclic amines) is 1. The summed E-state index contributed by atoms with van der Waals surface area (Å²) in [5.41, 5.74) is 2.64. The molecule has 6 rings (SSSR count). The molecule has 0 spiro atoms. The van der Waals surface area contributed by atoms with E-state index >= 15 is 0 Å². The van der Waals surface area contributed by atoms with E-state index in [0.29, 0.717) is 67.0 Å². The Kier molecular flexibility index (Phi) is 6.93. The zero-order valence-corrected chi connectivity index (χ0v) is 23.3. The fourth-order valence-corrected chi connectivity index (χ4v) is 7.29. The van der Waals surface area contributed by atoms with Crippen molar-refractivity contribution >= 4 is 23.3 Å². The Morgan fingerprint density at radius 1 is 1.13 bits per heavy atom. The number of carbonyl (C=O) groups excluding carboxylic acids is 2. The van der Waals surface area contributed by atoms with Crippen LogP contribution in [0.4, 0.5) is 4.79 Å². The predicted molar refractivity (Wildman–Crippen MR) is 149 cm³/mol. The maximum absolute atomic E-state index is 14.1. The van der Waals surface area contributed by atoms with Gasteiger partial charge in [-0.25, -0.2) is 9.78 Å². The van der Waals surface area contributed by atoms with Crippen LogP contribution in [0.3, 0.4) is 0 Å². The lowest BCUT2D eigenvalue weighted by Crippen LogP contribution is -2.46. The van der Waals surface area contributed by atoms with Crippen molar-refractivity contribution in [2.75, 3.05) is 26.3 Å². The first-order chi connectivity index (χ1) is 18.9. The van der Waals surface area contributed by atoms with Gasteiger partial charge in [-0.05, 0) is 62.1 Å². The molecule has 1 saturated carbocycles. The third-order valence-corrected chi connectivity index (χ3v) is 9.00. The molecule has 39 heavy (non-hydrogen) atoms. The highest BCUT2D eigenvalue weighted by Crippen LogP contribution is 2.46. The van der Waals surface area contributed by atoms with Gasteiger partial charge in [0.15, 0.2) is 11.5 Å². The minimum Gasteiger partial charge on any atom is -0.486 e. The molecule has 4 atom stereocenters. The van der Waals surface area contributed by atoms with Gasteiger partial charge in [-0.15, -0.1) is 11.3 Å². The normalized spacial score (nSPS) is 23.4. The third-order valence-electron chi connectivity index (χ3n) is 7.98. The number of hydrogen-bond donors (Lipinski definition) is 1. The standard InChI is InChI=1S/C30H33N3O5S/c1-17-6-4-7-20(12-17)28-26(32-19(3)39-28)29(34)33-16-21-13-18(2)14-22(21)23(33)15-31-30(35)38-25-9-5-8-24-27(25)37-11-10-36-24/h4-9,12,18,21-23H,10-11,13-16H2,1-3H3,(H,31,35)/t18?,21-,22-,23+/m0/s1. The van der Waals surface area contributed by atoms with Crippen LogP contribution in [-0.2, 0) is 0 Å². The van der Waals surface area contributed by atoms with Gasteiger partial charge in [0.05, 0.1) is 15.9 Å². The smallest absolute Gasteiger partial charge is 0.412 e. The molecule has 0 radical (unpaired) electrons. The summed E-state index contributed by atoms with van der Waals surface area (Å²) >= 11 is 1.55. The molecule has 3 aromatic rings. The van der Waals surface area contributed by atoms with Crippen LogP contribution in [0, 0.1) is 31.6 Å². The van der Waals surface area contributed by atoms with Crippen LogP contribution in [0.5, 0.6) is 17.2 Å². The van der Waals surface area contributed by atoms with Crippen LogP contribution in [0.2, 0.25) is 0 Å². The van der Waals surface area contributed by atoms with Crippen molar-refractivity contribution in [1.29, 1.82) is 0 Å². The number of thiazole rings is 1. The first kappa shape index (κ1) is 25.7. The zero-order chi connectivity index (χ0) is 27.1. The molecule has 2 aromatic carbocycles. The molecule has 1 unspecified atom stereocenters. The zero-order valence-electron chi connectivity index (χ0n) is 22.4. The Bertz CT molecular complexity index is 1400. The maximum Gasteiger partial charge on any atom is 0.412 e. The fraction of sp³-hybridized carbons (Fsp3) is 0.433. The molecular formula is C30H33N3O5S. The van der Waals surface area contributed by atoms with Crippen molar-refractivity contribution in [2.45, 2.75) is 39.7 Å². The van der Waals surface area contributed by atoms with Gasteiger partial charge in [-0.3, -0.25) is 4.79 Å².